The van der Waals surface area contributed by atoms with Crippen molar-refractivity contribution in [3.63, 3.8) is 0 Å². The van der Waals surface area contributed by atoms with Crippen LogP contribution in [0.1, 0.15) is 38.2 Å². The summed E-state index contributed by atoms with van der Waals surface area (Å²) >= 11 is 0. The first kappa shape index (κ1) is 13.3. The Hall–Kier alpha value is -1.09. The van der Waals surface area contributed by atoms with E-state index in [9.17, 15) is 8.42 Å². The molecule has 0 amide bonds. The fourth-order valence-corrected chi connectivity index (χ4v) is 3.79. The van der Waals surface area contributed by atoms with Gasteiger partial charge in [0.2, 0.25) is 0 Å². The summed E-state index contributed by atoms with van der Waals surface area (Å²) < 4.78 is 24.6. The van der Waals surface area contributed by atoms with E-state index in [1.54, 1.807) is 12.1 Å². The highest BCUT2D eigenvalue weighted by Crippen LogP contribution is 2.36. The van der Waals surface area contributed by atoms with Gasteiger partial charge >= 0.3 is 0 Å². The van der Waals surface area contributed by atoms with Crippen LogP contribution in [0.3, 0.4) is 0 Å². The minimum absolute atomic E-state index is 0.322. The van der Waals surface area contributed by atoms with Crippen molar-refractivity contribution in [1.29, 1.82) is 0 Å². The van der Waals surface area contributed by atoms with E-state index in [1.165, 1.54) is 12.8 Å². The van der Waals surface area contributed by atoms with E-state index in [0.29, 0.717) is 4.90 Å². The van der Waals surface area contributed by atoms with Crippen molar-refractivity contribution < 1.29 is 8.42 Å². The molecule has 0 fully saturated rings. The molecule has 0 aromatic heterocycles. The van der Waals surface area contributed by atoms with E-state index in [-0.39, 0.29) is 5.25 Å². The Kier molecular flexibility index (Phi) is 3.91. The Balaban J connectivity index is 2.00. The molecule has 0 unspecified atom stereocenters. The number of sulfone groups is 1. The van der Waals surface area contributed by atoms with Crippen LogP contribution in [0.4, 0.5) is 0 Å². The smallest absolute Gasteiger partial charge is 0.188 e. The molecule has 0 aliphatic heterocycles. The fourth-order valence-electron chi connectivity index (χ4n) is 2.11. The first-order valence-electron chi connectivity index (χ1n) is 6.57. The van der Waals surface area contributed by atoms with Gasteiger partial charge in [0.05, 0.1) is 4.90 Å². The zero-order chi connectivity index (χ0) is 13.2. The van der Waals surface area contributed by atoms with Crippen LogP contribution in [0.15, 0.2) is 40.8 Å². The Morgan fingerprint density at radius 1 is 1.11 bits per heavy atom. The number of hydrogen-bond donors (Lipinski definition) is 0. The molecule has 1 aromatic rings. The van der Waals surface area contributed by atoms with Crippen LogP contribution >= 0.6 is 0 Å². The molecule has 0 bridgehead atoms. The molecule has 1 atom stereocenters. The normalized spacial score (nSPS) is 18.6. The Morgan fingerprint density at radius 3 is 2.39 bits per heavy atom. The summed E-state index contributed by atoms with van der Waals surface area (Å²) in [6, 6.07) is 7.12. The number of aryl methyl sites for hydroxylation is 1. The summed E-state index contributed by atoms with van der Waals surface area (Å²) in [6.45, 7) is 4.11. The first-order chi connectivity index (χ1) is 8.55. The van der Waals surface area contributed by atoms with E-state index < -0.39 is 9.84 Å². The van der Waals surface area contributed by atoms with Crippen molar-refractivity contribution in [1.82, 2.24) is 0 Å². The van der Waals surface area contributed by atoms with Gasteiger partial charge in [-0.05, 0) is 31.9 Å². The van der Waals surface area contributed by atoms with Crippen molar-refractivity contribution in [2.75, 3.05) is 0 Å². The van der Waals surface area contributed by atoms with Crippen LogP contribution in [0.25, 0.3) is 0 Å². The van der Waals surface area contributed by atoms with Gasteiger partial charge in [-0.25, -0.2) is 8.42 Å². The summed E-state index contributed by atoms with van der Waals surface area (Å²) in [7, 11) is -3.16. The summed E-state index contributed by atoms with van der Waals surface area (Å²) in [5, 5.41) is -0.322. The van der Waals surface area contributed by atoms with Crippen LogP contribution in [0.2, 0.25) is 0 Å². The zero-order valence-corrected chi connectivity index (χ0v) is 11.8. The predicted molar refractivity (Wildman–Crippen MR) is 74.4 cm³/mol. The molecule has 98 valence electrons. The van der Waals surface area contributed by atoms with Gasteiger partial charge in [-0.1, -0.05) is 49.1 Å². The van der Waals surface area contributed by atoms with Crippen molar-refractivity contribution in [3.8, 4) is 0 Å². The van der Waals surface area contributed by atoms with Crippen LogP contribution < -0.4 is 0 Å². The molecule has 1 aliphatic carbocycles. The monoisotopic (exact) mass is 264 g/mol. The van der Waals surface area contributed by atoms with Gasteiger partial charge in [0.15, 0.2) is 9.84 Å². The lowest BCUT2D eigenvalue weighted by Crippen LogP contribution is -2.10. The number of hydrogen-bond acceptors (Lipinski definition) is 2. The van der Waals surface area contributed by atoms with Gasteiger partial charge in [0.1, 0.15) is 5.25 Å². The Bertz CT molecular complexity index is 538. The van der Waals surface area contributed by atoms with Crippen LogP contribution in [0, 0.1) is 6.92 Å². The SMILES string of the molecule is CCCCCC1=C[C@H]1S(=O)(=O)c1ccc(C)cc1. The summed E-state index contributed by atoms with van der Waals surface area (Å²) in [5.41, 5.74) is 2.19. The third-order valence-electron chi connectivity index (χ3n) is 3.37. The molecule has 3 heteroatoms. The van der Waals surface area contributed by atoms with Crippen LogP contribution in [0.5, 0.6) is 0 Å². The topological polar surface area (TPSA) is 34.1 Å². The maximum atomic E-state index is 12.3. The summed E-state index contributed by atoms with van der Waals surface area (Å²) in [5.74, 6) is 0. The van der Waals surface area contributed by atoms with E-state index in [4.69, 9.17) is 0 Å². The minimum Gasteiger partial charge on any atom is -0.223 e. The average Bonchev–Trinajstić information content (AvgIpc) is 3.10. The number of benzene rings is 1. The van der Waals surface area contributed by atoms with Crippen molar-refractivity contribution in [2.45, 2.75) is 49.7 Å². The second-order valence-electron chi connectivity index (χ2n) is 4.98. The van der Waals surface area contributed by atoms with E-state index in [2.05, 4.69) is 6.92 Å². The van der Waals surface area contributed by atoms with Gasteiger partial charge in [0, 0.05) is 0 Å². The highest BCUT2D eigenvalue weighted by molar-refractivity contribution is 7.92. The van der Waals surface area contributed by atoms with E-state index >= 15 is 0 Å². The lowest BCUT2D eigenvalue weighted by Gasteiger charge is -2.05. The van der Waals surface area contributed by atoms with E-state index in [0.717, 1.165) is 24.0 Å². The molecule has 0 saturated heterocycles. The molecule has 0 saturated carbocycles. The largest absolute Gasteiger partial charge is 0.223 e. The number of rotatable bonds is 6. The molecule has 0 N–H and O–H groups in total. The molecule has 2 nitrogen and oxygen atoms in total. The van der Waals surface area contributed by atoms with Gasteiger partial charge < -0.3 is 0 Å². The summed E-state index contributed by atoms with van der Waals surface area (Å²) in [4.78, 5) is 0.444. The second kappa shape index (κ2) is 5.27. The standard InChI is InChI=1S/C15H20O2S/c1-3-4-5-6-13-11-15(13)18(16,17)14-9-7-12(2)8-10-14/h7-11,15H,3-6H2,1-2H3/t15-/m1/s1. The van der Waals surface area contributed by atoms with Crippen LogP contribution in [-0.4, -0.2) is 13.7 Å². The first-order valence-corrected chi connectivity index (χ1v) is 8.11. The lowest BCUT2D eigenvalue weighted by molar-refractivity contribution is 0.595. The molecule has 18 heavy (non-hydrogen) atoms. The highest BCUT2D eigenvalue weighted by atomic mass is 32.2. The molecular formula is C15H20O2S. The quantitative estimate of drug-likeness (QED) is 0.580. The average molecular weight is 264 g/mol. The van der Waals surface area contributed by atoms with Crippen molar-refractivity contribution >= 4 is 9.84 Å². The molecule has 1 aliphatic rings. The third kappa shape index (κ3) is 2.83. The van der Waals surface area contributed by atoms with Crippen molar-refractivity contribution in [2.24, 2.45) is 0 Å². The van der Waals surface area contributed by atoms with Gasteiger partial charge in [-0.2, -0.15) is 0 Å². The molecule has 1 aromatic carbocycles. The maximum absolute atomic E-state index is 12.3. The maximum Gasteiger partial charge on any atom is 0.188 e. The van der Waals surface area contributed by atoms with E-state index in [1.807, 2.05) is 25.1 Å². The number of unbranched alkanes of at least 4 members (excludes halogenated alkanes) is 2. The Labute approximate surface area is 110 Å². The van der Waals surface area contributed by atoms with Crippen LogP contribution in [-0.2, 0) is 9.84 Å². The highest BCUT2D eigenvalue weighted by Gasteiger charge is 2.37. The predicted octanol–water partition coefficient (Wildman–Crippen LogP) is 3.66. The summed E-state index contributed by atoms with van der Waals surface area (Å²) in [6.07, 6.45) is 6.27. The minimum atomic E-state index is -3.16. The molecule has 0 spiro atoms. The molecule has 0 radical (unpaired) electrons. The molecular weight excluding hydrogens is 244 g/mol. The molecule has 2 rings (SSSR count). The molecule has 0 heterocycles. The fraction of sp³-hybridized carbons (Fsp3) is 0.467. The van der Waals surface area contributed by atoms with Crippen molar-refractivity contribution in [3.05, 3.63) is 41.5 Å². The zero-order valence-electron chi connectivity index (χ0n) is 11.0. The third-order valence-corrected chi connectivity index (χ3v) is 5.41. The second-order valence-corrected chi connectivity index (χ2v) is 7.05. The van der Waals surface area contributed by atoms with Gasteiger partial charge in [-0.3, -0.25) is 0 Å². The van der Waals surface area contributed by atoms with Gasteiger partial charge in [0.25, 0.3) is 0 Å². The van der Waals surface area contributed by atoms with Gasteiger partial charge in [-0.15, -0.1) is 0 Å². The Morgan fingerprint density at radius 2 is 1.78 bits per heavy atom. The lowest BCUT2D eigenvalue weighted by atomic mass is 10.2.